The number of nitrogens with zero attached hydrogens (tertiary/aromatic N) is 3. The van der Waals surface area contributed by atoms with Gasteiger partial charge in [-0.2, -0.15) is 0 Å². The van der Waals surface area contributed by atoms with Crippen LogP contribution >= 0.6 is 0 Å². The molecule has 0 N–H and O–H groups in total. The molecule has 7 nitrogen and oxygen atoms in total. The van der Waals surface area contributed by atoms with Crippen LogP contribution < -0.4 is 4.74 Å². The molecule has 1 amide bonds. The van der Waals surface area contributed by atoms with Crippen molar-refractivity contribution >= 4 is 15.9 Å². The number of likely N-dealkylation sites (N-methyl/N-ethyl adjacent to an activating group) is 1. The molecule has 1 aliphatic rings. The Balaban J connectivity index is 1.90. The highest BCUT2D eigenvalue weighted by molar-refractivity contribution is 7.88. The molecule has 0 radical (unpaired) electrons. The quantitative estimate of drug-likeness (QED) is 0.660. The minimum atomic E-state index is -3.36. The lowest BCUT2D eigenvalue weighted by Crippen LogP contribution is -2.48. The summed E-state index contributed by atoms with van der Waals surface area (Å²) in [6, 6.07) is 7.58. The fourth-order valence-electron chi connectivity index (χ4n) is 2.96. The van der Waals surface area contributed by atoms with Crippen LogP contribution in [0.4, 0.5) is 0 Å². The zero-order chi connectivity index (χ0) is 19.2. The number of rotatable bonds is 8. The van der Waals surface area contributed by atoms with Crippen LogP contribution in [0.1, 0.15) is 12.0 Å². The van der Waals surface area contributed by atoms with Crippen molar-refractivity contribution in [2.45, 2.75) is 12.8 Å². The fourth-order valence-corrected chi connectivity index (χ4v) is 3.81. The summed E-state index contributed by atoms with van der Waals surface area (Å²) in [6.45, 7) is 3.70. The van der Waals surface area contributed by atoms with E-state index in [4.69, 9.17) is 4.74 Å². The molecular formula is C18H29N3O4S. The summed E-state index contributed by atoms with van der Waals surface area (Å²) in [5.41, 5.74) is 1.00. The smallest absolute Gasteiger partial charge is 0.223 e. The Bertz CT molecular complexity index is 700. The van der Waals surface area contributed by atoms with Gasteiger partial charge in [-0.25, -0.2) is 12.7 Å². The first-order valence-electron chi connectivity index (χ1n) is 8.84. The van der Waals surface area contributed by atoms with E-state index in [2.05, 4.69) is 4.90 Å². The third-order valence-corrected chi connectivity index (χ3v) is 5.99. The van der Waals surface area contributed by atoms with E-state index in [9.17, 15) is 13.2 Å². The molecular weight excluding hydrogens is 354 g/mol. The second-order valence-electron chi connectivity index (χ2n) is 6.70. The van der Waals surface area contributed by atoms with Crippen LogP contribution in [0.15, 0.2) is 24.3 Å². The number of carbonyl (C=O) groups is 1. The molecule has 0 aromatic heterocycles. The van der Waals surface area contributed by atoms with Crippen molar-refractivity contribution < 1.29 is 17.9 Å². The summed E-state index contributed by atoms with van der Waals surface area (Å²) in [6.07, 6.45) is 1.99. The van der Waals surface area contributed by atoms with Crippen molar-refractivity contribution in [3.63, 3.8) is 0 Å². The average molecular weight is 384 g/mol. The average Bonchev–Trinajstić information content (AvgIpc) is 2.61. The van der Waals surface area contributed by atoms with Gasteiger partial charge in [0.05, 0.1) is 13.4 Å². The summed E-state index contributed by atoms with van der Waals surface area (Å²) in [7, 11) is 0.274. The predicted octanol–water partition coefficient (Wildman–Crippen LogP) is 0.663. The Morgan fingerprint density at radius 1 is 1.19 bits per heavy atom. The summed E-state index contributed by atoms with van der Waals surface area (Å²) < 4.78 is 30.7. The largest absolute Gasteiger partial charge is 0.497 e. The normalized spacial score (nSPS) is 16.1. The second kappa shape index (κ2) is 9.34. The molecule has 0 bridgehead atoms. The Labute approximate surface area is 156 Å². The van der Waals surface area contributed by atoms with E-state index in [1.807, 2.05) is 36.2 Å². The number of hydrogen-bond donors (Lipinski definition) is 0. The standard InChI is InChI=1S/C18H29N3O4S/c1-19-11-13-20(14-12-19)18(22)8-10-21(26(3,23)24)9-7-16-5-4-6-17(15-16)25-2/h4-6,15H,7-14H2,1-3H3. The number of carbonyl (C=O) groups excluding carboxylic acids is 1. The van der Waals surface area contributed by atoms with Crippen LogP contribution in [0.25, 0.3) is 0 Å². The van der Waals surface area contributed by atoms with Crippen molar-refractivity contribution in [3.05, 3.63) is 29.8 Å². The highest BCUT2D eigenvalue weighted by Gasteiger charge is 2.22. The van der Waals surface area contributed by atoms with E-state index in [0.717, 1.165) is 24.4 Å². The highest BCUT2D eigenvalue weighted by atomic mass is 32.2. The van der Waals surface area contributed by atoms with Gasteiger partial charge >= 0.3 is 0 Å². The lowest BCUT2D eigenvalue weighted by Gasteiger charge is -2.33. The molecule has 0 saturated carbocycles. The van der Waals surface area contributed by atoms with Gasteiger partial charge in [-0.3, -0.25) is 4.79 Å². The van der Waals surface area contributed by atoms with Gasteiger partial charge in [-0.15, -0.1) is 0 Å². The number of amides is 1. The lowest BCUT2D eigenvalue weighted by atomic mass is 10.1. The van der Waals surface area contributed by atoms with E-state index < -0.39 is 10.0 Å². The molecule has 1 aliphatic heterocycles. The first-order chi connectivity index (χ1) is 12.3. The van der Waals surface area contributed by atoms with Crippen LogP contribution in [0.5, 0.6) is 5.75 Å². The number of benzene rings is 1. The number of methoxy groups -OCH3 is 1. The third kappa shape index (κ3) is 6.26. The van der Waals surface area contributed by atoms with Crippen molar-refractivity contribution in [3.8, 4) is 5.75 Å². The predicted molar refractivity (Wildman–Crippen MR) is 102 cm³/mol. The van der Waals surface area contributed by atoms with E-state index in [-0.39, 0.29) is 18.9 Å². The first-order valence-corrected chi connectivity index (χ1v) is 10.7. The van der Waals surface area contributed by atoms with Crippen molar-refractivity contribution in [1.29, 1.82) is 0 Å². The van der Waals surface area contributed by atoms with Crippen LogP contribution in [0, 0.1) is 0 Å². The van der Waals surface area contributed by atoms with Gasteiger partial charge in [0, 0.05) is 45.7 Å². The van der Waals surface area contributed by atoms with Crippen LogP contribution in [0.2, 0.25) is 0 Å². The van der Waals surface area contributed by atoms with Crippen molar-refractivity contribution in [1.82, 2.24) is 14.1 Å². The molecule has 1 heterocycles. The summed E-state index contributed by atoms with van der Waals surface area (Å²) in [4.78, 5) is 16.4. The Hall–Kier alpha value is -1.64. The van der Waals surface area contributed by atoms with E-state index >= 15 is 0 Å². The number of piperazine rings is 1. The topological polar surface area (TPSA) is 70.2 Å². The monoisotopic (exact) mass is 383 g/mol. The van der Waals surface area contributed by atoms with Gasteiger partial charge in [0.25, 0.3) is 0 Å². The molecule has 0 unspecified atom stereocenters. The molecule has 8 heteroatoms. The van der Waals surface area contributed by atoms with Crippen LogP contribution in [-0.4, -0.2) is 88.1 Å². The van der Waals surface area contributed by atoms with Crippen LogP contribution in [-0.2, 0) is 21.2 Å². The number of ether oxygens (including phenoxy) is 1. The molecule has 0 atom stereocenters. The molecule has 1 fully saturated rings. The van der Waals surface area contributed by atoms with Crippen molar-refractivity contribution in [2.75, 3.05) is 59.7 Å². The van der Waals surface area contributed by atoms with Crippen molar-refractivity contribution in [2.24, 2.45) is 0 Å². The number of hydrogen-bond acceptors (Lipinski definition) is 5. The summed E-state index contributed by atoms with van der Waals surface area (Å²) >= 11 is 0. The van der Waals surface area contributed by atoms with Crippen LogP contribution in [0.3, 0.4) is 0 Å². The Kier molecular flexibility index (Phi) is 7.43. The van der Waals surface area contributed by atoms with Gasteiger partial charge in [-0.05, 0) is 31.2 Å². The molecule has 0 spiro atoms. The molecule has 146 valence electrons. The number of sulfonamides is 1. The van der Waals surface area contributed by atoms with E-state index in [1.54, 1.807) is 7.11 Å². The maximum Gasteiger partial charge on any atom is 0.223 e. The molecule has 2 rings (SSSR count). The van der Waals surface area contributed by atoms with Gasteiger partial charge in [-0.1, -0.05) is 12.1 Å². The second-order valence-corrected chi connectivity index (χ2v) is 8.68. The Morgan fingerprint density at radius 2 is 1.88 bits per heavy atom. The molecule has 1 aromatic rings. The molecule has 0 aliphatic carbocycles. The van der Waals surface area contributed by atoms with Gasteiger partial charge in [0.1, 0.15) is 5.75 Å². The Morgan fingerprint density at radius 3 is 2.50 bits per heavy atom. The van der Waals surface area contributed by atoms with E-state index in [1.165, 1.54) is 10.6 Å². The molecule has 1 aromatic carbocycles. The fraction of sp³-hybridized carbons (Fsp3) is 0.611. The summed E-state index contributed by atoms with van der Waals surface area (Å²) in [5.74, 6) is 0.770. The maximum atomic E-state index is 12.4. The van der Waals surface area contributed by atoms with Gasteiger partial charge < -0.3 is 14.5 Å². The molecule has 26 heavy (non-hydrogen) atoms. The summed E-state index contributed by atoms with van der Waals surface area (Å²) in [5, 5.41) is 0. The minimum Gasteiger partial charge on any atom is -0.497 e. The maximum absolute atomic E-state index is 12.4. The molecule has 1 saturated heterocycles. The zero-order valence-electron chi connectivity index (χ0n) is 15.8. The lowest BCUT2D eigenvalue weighted by molar-refractivity contribution is -0.132. The van der Waals surface area contributed by atoms with Gasteiger partial charge in [0.2, 0.25) is 15.9 Å². The zero-order valence-corrected chi connectivity index (χ0v) is 16.7. The highest BCUT2D eigenvalue weighted by Crippen LogP contribution is 2.14. The SMILES string of the molecule is COc1cccc(CCN(CCC(=O)N2CCN(C)CC2)S(C)(=O)=O)c1. The minimum absolute atomic E-state index is 0.0214. The van der Waals surface area contributed by atoms with E-state index in [0.29, 0.717) is 26.1 Å². The van der Waals surface area contributed by atoms with Gasteiger partial charge in [0.15, 0.2) is 0 Å². The first kappa shape index (κ1) is 20.7. The third-order valence-electron chi connectivity index (χ3n) is 4.68.